The van der Waals surface area contributed by atoms with Crippen molar-refractivity contribution in [3.8, 4) is 11.5 Å². The van der Waals surface area contributed by atoms with E-state index in [0.717, 1.165) is 11.1 Å². The monoisotopic (exact) mass is 744 g/mol. The number of fused-ring (bicyclic) bond motifs is 2. The number of methoxy groups -OCH3 is 1. The molecule has 54 heavy (non-hydrogen) atoms. The summed E-state index contributed by atoms with van der Waals surface area (Å²) in [5.74, 6) is -2.20. The maximum absolute atomic E-state index is 14.1. The van der Waals surface area contributed by atoms with Crippen LogP contribution >= 0.6 is 0 Å². The van der Waals surface area contributed by atoms with Gasteiger partial charge in [-0.05, 0) is 80.3 Å². The number of aryl methyl sites for hydroxylation is 3. The number of pyridine rings is 1. The van der Waals surface area contributed by atoms with E-state index in [1.807, 2.05) is 50.2 Å². The van der Waals surface area contributed by atoms with Gasteiger partial charge in [-0.1, -0.05) is 50.2 Å². The summed E-state index contributed by atoms with van der Waals surface area (Å²) in [5, 5.41) is 14.1. The Bertz CT molecular complexity index is 1880. The van der Waals surface area contributed by atoms with Gasteiger partial charge < -0.3 is 40.6 Å². The van der Waals surface area contributed by atoms with Gasteiger partial charge in [0.25, 0.3) is 17.4 Å². The van der Waals surface area contributed by atoms with Gasteiger partial charge in [0.1, 0.15) is 23.7 Å². The van der Waals surface area contributed by atoms with Gasteiger partial charge in [-0.2, -0.15) is 0 Å². The number of ether oxygens (including phenoxy) is 2. The van der Waals surface area contributed by atoms with Crippen LogP contribution in [0.5, 0.6) is 11.5 Å². The van der Waals surface area contributed by atoms with Crippen molar-refractivity contribution in [1.82, 2.24) is 31.2 Å². The zero-order chi connectivity index (χ0) is 39.4. The van der Waals surface area contributed by atoms with E-state index in [1.165, 1.54) is 11.7 Å². The summed E-state index contributed by atoms with van der Waals surface area (Å²) >= 11 is 0. The van der Waals surface area contributed by atoms with E-state index in [-0.39, 0.29) is 49.8 Å². The molecule has 0 radical (unpaired) electrons. The molecule has 4 rings (SSSR count). The lowest BCUT2D eigenvalue weighted by Gasteiger charge is -2.27. The molecule has 14 heteroatoms. The van der Waals surface area contributed by atoms with Crippen molar-refractivity contribution in [3.05, 3.63) is 92.9 Å². The number of amides is 5. The maximum atomic E-state index is 14.1. The molecule has 5 N–H and O–H groups in total. The van der Waals surface area contributed by atoms with E-state index in [9.17, 15) is 28.8 Å². The number of aromatic nitrogens is 1. The fraction of sp³-hybridized carbons (Fsp3) is 0.450. The van der Waals surface area contributed by atoms with E-state index in [4.69, 9.17) is 9.47 Å². The van der Waals surface area contributed by atoms with Gasteiger partial charge in [0.2, 0.25) is 17.7 Å². The Balaban J connectivity index is 1.65. The van der Waals surface area contributed by atoms with Crippen molar-refractivity contribution in [1.29, 1.82) is 0 Å². The molecule has 5 amide bonds. The summed E-state index contributed by atoms with van der Waals surface area (Å²) in [5.41, 5.74) is 2.16. The van der Waals surface area contributed by atoms with Crippen molar-refractivity contribution >= 4 is 29.5 Å². The van der Waals surface area contributed by atoms with Crippen molar-refractivity contribution in [2.24, 2.45) is 13.0 Å². The number of benzene rings is 2. The Morgan fingerprint density at radius 3 is 2.35 bits per heavy atom. The van der Waals surface area contributed by atoms with Crippen LogP contribution in [0.2, 0.25) is 0 Å². The lowest BCUT2D eigenvalue weighted by Crippen LogP contribution is -2.58. The SMILES string of the molecule is COc1ccc2cc1OCC(=O)NCCC[C@H](NC(=O)c1c(C)cc(C)n(C)c1=O)C(=O)N[C@@H](Cc1ccccc1)C(=O)N[C@H](C(C)C)C(=O)NCCC2. The molecule has 2 heterocycles. The van der Waals surface area contributed by atoms with E-state index in [2.05, 4.69) is 26.6 Å². The predicted octanol–water partition coefficient (Wildman–Crippen LogP) is 2.02. The molecule has 0 unspecified atom stereocenters. The van der Waals surface area contributed by atoms with Crippen LogP contribution in [0.25, 0.3) is 0 Å². The second-order valence-corrected chi connectivity index (χ2v) is 13.9. The molecule has 3 aromatic rings. The normalized spacial score (nSPS) is 19.5. The predicted molar refractivity (Wildman–Crippen MR) is 203 cm³/mol. The Morgan fingerprint density at radius 1 is 0.926 bits per heavy atom. The molecule has 0 saturated heterocycles. The maximum Gasteiger partial charge on any atom is 0.263 e. The smallest absolute Gasteiger partial charge is 0.263 e. The van der Waals surface area contributed by atoms with E-state index in [1.54, 1.807) is 39.1 Å². The van der Waals surface area contributed by atoms with Gasteiger partial charge >= 0.3 is 0 Å². The molecule has 0 spiro atoms. The Labute approximate surface area is 315 Å². The van der Waals surface area contributed by atoms with Crippen molar-refractivity contribution < 1.29 is 33.4 Å². The Hall–Kier alpha value is -5.66. The highest BCUT2D eigenvalue weighted by Crippen LogP contribution is 2.28. The molecule has 1 aliphatic rings. The first-order valence-electron chi connectivity index (χ1n) is 18.3. The van der Waals surface area contributed by atoms with Gasteiger partial charge in [0, 0.05) is 32.3 Å². The van der Waals surface area contributed by atoms with Gasteiger partial charge in [-0.25, -0.2) is 0 Å². The highest BCUT2D eigenvalue weighted by Gasteiger charge is 2.32. The molecular formula is C40H52N6O8. The highest BCUT2D eigenvalue weighted by molar-refractivity contribution is 5.99. The van der Waals surface area contributed by atoms with Crippen LogP contribution in [0.3, 0.4) is 0 Å². The summed E-state index contributed by atoms with van der Waals surface area (Å²) in [6, 6.07) is 13.0. The number of hydrogen-bond donors (Lipinski definition) is 5. The largest absolute Gasteiger partial charge is 0.493 e. The van der Waals surface area contributed by atoms with Gasteiger partial charge in [0.15, 0.2) is 18.1 Å². The number of nitrogens with one attached hydrogen (secondary N) is 5. The van der Waals surface area contributed by atoms with Crippen LogP contribution in [-0.2, 0) is 39.1 Å². The summed E-state index contributed by atoms with van der Waals surface area (Å²) in [7, 11) is 3.06. The minimum Gasteiger partial charge on any atom is -0.493 e. The highest BCUT2D eigenvalue weighted by atomic mass is 16.5. The first-order chi connectivity index (χ1) is 25.8. The average Bonchev–Trinajstić information content (AvgIpc) is 3.14. The second-order valence-electron chi connectivity index (χ2n) is 13.9. The third-order valence-electron chi connectivity index (χ3n) is 9.40. The molecule has 2 bridgehead atoms. The number of rotatable bonds is 6. The fourth-order valence-corrected chi connectivity index (χ4v) is 6.21. The molecule has 14 nitrogen and oxygen atoms in total. The quantitative estimate of drug-likeness (QED) is 0.254. The number of hydrogen-bond acceptors (Lipinski definition) is 8. The Kier molecular flexibility index (Phi) is 14.8. The minimum atomic E-state index is -1.20. The molecule has 0 fully saturated rings. The van der Waals surface area contributed by atoms with Crippen molar-refractivity contribution in [2.75, 3.05) is 26.8 Å². The molecular weight excluding hydrogens is 692 g/mol. The van der Waals surface area contributed by atoms with E-state index in [0.29, 0.717) is 42.1 Å². The van der Waals surface area contributed by atoms with Gasteiger partial charge in [-0.3, -0.25) is 28.8 Å². The second kappa shape index (κ2) is 19.4. The van der Waals surface area contributed by atoms with Crippen molar-refractivity contribution in [2.45, 2.75) is 77.9 Å². The molecule has 0 saturated carbocycles. The fourth-order valence-electron chi connectivity index (χ4n) is 6.21. The molecule has 3 atom stereocenters. The third kappa shape index (κ3) is 11.2. The van der Waals surface area contributed by atoms with Crippen LogP contribution in [0, 0.1) is 19.8 Å². The van der Waals surface area contributed by atoms with Gasteiger partial charge in [-0.15, -0.1) is 0 Å². The first kappa shape index (κ1) is 41.1. The van der Waals surface area contributed by atoms with Crippen LogP contribution in [0.15, 0.2) is 59.4 Å². The van der Waals surface area contributed by atoms with Crippen LogP contribution in [-0.4, -0.2) is 79.0 Å². The Morgan fingerprint density at radius 2 is 1.65 bits per heavy atom. The molecule has 2 aromatic carbocycles. The summed E-state index contributed by atoms with van der Waals surface area (Å²) in [6.45, 7) is 7.21. The summed E-state index contributed by atoms with van der Waals surface area (Å²) < 4.78 is 12.6. The molecule has 1 aromatic heterocycles. The first-order valence-corrected chi connectivity index (χ1v) is 18.3. The molecule has 290 valence electrons. The zero-order valence-corrected chi connectivity index (χ0v) is 31.9. The number of carbonyl (C=O) groups is 5. The average molecular weight is 745 g/mol. The third-order valence-corrected chi connectivity index (χ3v) is 9.40. The van der Waals surface area contributed by atoms with Crippen LogP contribution in [0.4, 0.5) is 0 Å². The standard InChI is InChI=1S/C40H52N6O8/c1-24(2)35-39(51)42-19-10-14-28-16-17-31(53-6)32(22-28)54-23-33(47)41-18-11-15-29(43-38(50)34-25(3)20-26(4)46(5)40(34)52)36(48)44-30(37(49)45-35)21-27-12-8-7-9-13-27/h7-9,12-13,16-17,20,22,24,29-30,35H,10-11,14-15,18-19,21,23H2,1-6H3,(H,41,47)(H,42,51)(H,43,50)(H,44,48)(H,45,49)/t29-,30-,35+/m0/s1. The zero-order valence-electron chi connectivity index (χ0n) is 31.9. The topological polar surface area (TPSA) is 186 Å². The summed E-state index contributed by atoms with van der Waals surface area (Å²) in [6.07, 6.45) is 1.59. The number of carbonyl (C=O) groups excluding carboxylic acids is 5. The van der Waals surface area contributed by atoms with E-state index < -0.39 is 47.3 Å². The van der Waals surface area contributed by atoms with Crippen LogP contribution in [0.1, 0.15) is 65.9 Å². The summed E-state index contributed by atoms with van der Waals surface area (Å²) in [4.78, 5) is 81.0. The number of nitrogens with zero attached hydrogens (tertiary/aromatic N) is 1. The minimum absolute atomic E-state index is 0.0521. The lowest BCUT2D eigenvalue weighted by atomic mass is 10.00. The molecule has 1 aliphatic heterocycles. The molecule has 0 aliphatic carbocycles. The van der Waals surface area contributed by atoms with Crippen molar-refractivity contribution in [3.63, 3.8) is 0 Å². The van der Waals surface area contributed by atoms with E-state index >= 15 is 0 Å². The van der Waals surface area contributed by atoms with Crippen LogP contribution < -0.4 is 41.6 Å². The lowest BCUT2D eigenvalue weighted by molar-refractivity contribution is -0.133. The van der Waals surface area contributed by atoms with Gasteiger partial charge in [0.05, 0.1) is 7.11 Å².